The number of benzene rings is 2. The standard InChI is InChI=1S/C19H16ClF2N3O/c1-12-16(10-23-25(12)15-5-3-4-14(20)9-15)19(26)24(2)11-13-6-7-17(21)18(22)8-13/h3-10H,11H2,1-2H3. The fourth-order valence-corrected chi connectivity index (χ4v) is 2.86. The number of halogens is 3. The van der Waals surface area contributed by atoms with Gasteiger partial charge in [-0.1, -0.05) is 23.7 Å². The van der Waals surface area contributed by atoms with Gasteiger partial charge in [-0.25, -0.2) is 13.5 Å². The van der Waals surface area contributed by atoms with E-state index in [0.717, 1.165) is 17.8 Å². The lowest BCUT2D eigenvalue weighted by atomic mass is 10.1. The molecule has 0 radical (unpaired) electrons. The number of hydrogen-bond donors (Lipinski definition) is 0. The van der Waals surface area contributed by atoms with Crippen LogP contribution in [-0.2, 0) is 6.54 Å². The highest BCUT2D eigenvalue weighted by atomic mass is 35.5. The van der Waals surface area contributed by atoms with Gasteiger partial charge in [-0.2, -0.15) is 5.10 Å². The van der Waals surface area contributed by atoms with Gasteiger partial charge < -0.3 is 4.90 Å². The maximum atomic E-state index is 13.3. The van der Waals surface area contributed by atoms with E-state index in [1.165, 1.54) is 17.2 Å². The molecule has 0 aliphatic carbocycles. The third-order valence-corrected chi connectivity index (χ3v) is 4.28. The highest BCUT2D eigenvalue weighted by Gasteiger charge is 2.19. The van der Waals surface area contributed by atoms with Gasteiger partial charge in [0.05, 0.1) is 23.1 Å². The van der Waals surface area contributed by atoms with Gasteiger partial charge in [0.1, 0.15) is 0 Å². The lowest BCUT2D eigenvalue weighted by molar-refractivity contribution is 0.0784. The van der Waals surface area contributed by atoms with E-state index in [-0.39, 0.29) is 12.5 Å². The molecule has 3 rings (SSSR count). The normalized spacial score (nSPS) is 10.8. The summed E-state index contributed by atoms with van der Waals surface area (Å²) in [5.41, 5.74) is 2.33. The van der Waals surface area contributed by atoms with E-state index in [1.807, 2.05) is 6.07 Å². The Hall–Kier alpha value is -2.73. The molecule has 1 heterocycles. The zero-order valence-electron chi connectivity index (χ0n) is 14.2. The average molecular weight is 376 g/mol. The van der Waals surface area contributed by atoms with Crippen molar-refractivity contribution in [2.45, 2.75) is 13.5 Å². The highest BCUT2D eigenvalue weighted by molar-refractivity contribution is 6.30. The molecular formula is C19H16ClF2N3O. The molecule has 2 aromatic carbocycles. The second-order valence-corrected chi connectivity index (χ2v) is 6.38. The number of nitrogens with zero attached hydrogens (tertiary/aromatic N) is 3. The van der Waals surface area contributed by atoms with Crippen molar-refractivity contribution in [3.05, 3.63) is 82.1 Å². The van der Waals surface area contributed by atoms with Crippen LogP contribution in [0.1, 0.15) is 21.6 Å². The molecule has 1 amide bonds. The minimum absolute atomic E-state index is 0.151. The third-order valence-electron chi connectivity index (χ3n) is 4.04. The smallest absolute Gasteiger partial charge is 0.257 e. The summed E-state index contributed by atoms with van der Waals surface area (Å²) in [4.78, 5) is 14.1. The van der Waals surface area contributed by atoms with Gasteiger partial charge in [-0.3, -0.25) is 4.79 Å². The summed E-state index contributed by atoms with van der Waals surface area (Å²) in [6.07, 6.45) is 1.49. The molecule has 0 atom stereocenters. The van der Waals surface area contributed by atoms with Gasteiger partial charge in [0, 0.05) is 18.6 Å². The van der Waals surface area contributed by atoms with Crippen LogP contribution in [0.2, 0.25) is 5.02 Å². The highest BCUT2D eigenvalue weighted by Crippen LogP contribution is 2.19. The molecule has 0 aliphatic heterocycles. The van der Waals surface area contributed by atoms with Gasteiger partial charge in [-0.15, -0.1) is 0 Å². The quantitative estimate of drug-likeness (QED) is 0.678. The number of amides is 1. The first kappa shape index (κ1) is 18.1. The number of carbonyl (C=O) groups is 1. The summed E-state index contributed by atoms with van der Waals surface area (Å²) < 4.78 is 28.0. The summed E-state index contributed by atoms with van der Waals surface area (Å²) >= 11 is 6.01. The van der Waals surface area contributed by atoms with Crippen molar-refractivity contribution >= 4 is 17.5 Å². The molecular weight excluding hydrogens is 360 g/mol. The van der Waals surface area contributed by atoms with Crippen molar-refractivity contribution in [3.63, 3.8) is 0 Å². The minimum atomic E-state index is -0.937. The Labute approximate surface area is 154 Å². The van der Waals surface area contributed by atoms with Crippen LogP contribution >= 0.6 is 11.6 Å². The molecule has 26 heavy (non-hydrogen) atoms. The van der Waals surface area contributed by atoms with Crippen molar-refractivity contribution in [2.75, 3.05) is 7.05 Å². The minimum Gasteiger partial charge on any atom is -0.337 e. The van der Waals surface area contributed by atoms with Crippen LogP contribution in [0.4, 0.5) is 8.78 Å². The molecule has 4 nitrogen and oxygen atoms in total. The SMILES string of the molecule is Cc1c(C(=O)N(C)Cc2ccc(F)c(F)c2)cnn1-c1cccc(Cl)c1. The van der Waals surface area contributed by atoms with Crippen LogP contribution in [0.25, 0.3) is 5.69 Å². The zero-order chi connectivity index (χ0) is 18.8. The fourth-order valence-electron chi connectivity index (χ4n) is 2.68. The Morgan fingerprint density at radius 1 is 1.19 bits per heavy atom. The lowest BCUT2D eigenvalue weighted by Gasteiger charge is -2.17. The Kier molecular flexibility index (Phi) is 5.04. The summed E-state index contributed by atoms with van der Waals surface area (Å²) in [5.74, 6) is -2.12. The maximum absolute atomic E-state index is 13.3. The number of carbonyl (C=O) groups excluding carboxylic acids is 1. The molecule has 0 aliphatic rings. The Morgan fingerprint density at radius 3 is 2.65 bits per heavy atom. The lowest BCUT2D eigenvalue weighted by Crippen LogP contribution is -2.26. The summed E-state index contributed by atoms with van der Waals surface area (Å²) in [7, 11) is 1.60. The maximum Gasteiger partial charge on any atom is 0.257 e. The largest absolute Gasteiger partial charge is 0.337 e. The zero-order valence-corrected chi connectivity index (χ0v) is 15.0. The summed E-state index contributed by atoms with van der Waals surface area (Å²) in [6, 6.07) is 10.7. The second kappa shape index (κ2) is 7.25. The topological polar surface area (TPSA) is 38.1 Å². The van der Waals surface area contributed by atoms with Crippen LogP contribution in [0.15, 0.2) is 48.7 Å². The molecule has 0 saturated heterocycles. The van der Waals surface area contributed by atoms with E-state index >= 15 is 0 Å². The predicted octanol–water partition coefficient (Wildman–Crippen LogP) is 4.38. The molecule has 0 N–H and O–H groups in total. The van der Waals surface area contributed by atoms with Gasteiger partial charge in [0.25, 0.3) is 5.91 Å². The Balaban J connectivity index is 1.82. The Bertz CT molecular complexity index is 971. The van der Waals surface area contributed by atoms with Gasteiger partial charge >= 0.3 is 0 Å². The number of aromatic nitrogens is 2. The fraction of sp³-hybridized carbons (Fsp3) is 0.158. The molecule has 134 valence electrons. The molecule has 0 saturated carbocycles. The molecule has 3 aromatic rings. The first-order valence-electron chi connectivity index (χ1n) is 7.87. The molecule has 0 fully saturated rings. The van der Waals surface area contributed by atoms with E-state index in [9.17, 15) is 13.6 Å². The molecule has 7 heteroatoms. The van der Waals surface area contributed by atoms with Crippen LogP contribution in [-0.4, -0.2) is 27.6 Å². The van der Waals surface area contributed by atoms with Crippen LogP contribution in [0.5, 0.6) is 0 Å². The van der Waals surface area contributed by atoms with Gasteiger partial charge in [-0.05, 0) is 42.8 Å². The van der Waals surface area contributed by atoms with E-state index in [0.29, 0.717) is 21.8 Å². The first-order chi connectivity index (χ1) is 12.4. The van der Waals surface area contributed by atoms with E-state index < -0.39 is 11.6 Å². The van der Waals surface area contributed by atoms with Crippen LogP contribution in [0.3, 0.4) is 0 Å². The van der Waals surface area contributed by atoms with Crippen LogP contribution in [0, 0.1) is 18.6 Å². The Morgan fingerprint density at radius 2 is 1.96 bits per heavy atom. The number of hydrogen-bond acceptors (Lipinski definition) is 2. The van der Waals surface area contributed by atoms with E-state index in [2.05, 4.69) is 5.10 Å². The van der Waals surface area contributed by atoms with Crippen molar-refractivity contribution in [3.8, 4) is 5.69 Å². The molecule has 0 bridgehead atoms. The van der Waals surface area contributed by atoms with Gasteiger partial charge in [0.2, 0.25) is 0 Å². The summed E-state index contributed by atoms with van der Waals surface area (Å²) in [6.45, 7) is 1.93. The van der Waals surface area contributed by atoms with Crippen molar-refractivity contribution in [1.82, 2.24) is 14.7 Å². The average Bonchev–Trinajstić information content (AvgIpc) is 2.99. The molecule has 1 aromatic heterocycles. The van der Waals surface area contributed by atoms with Gasteiger partial charge in [0.15, 0.2) is 11.6 Å². The summed E-state index contributed by atoms with van der Waals surface area (Å²) in [5, 5.41) is 4.83. The number of rotatable bonds is 4. The van der Waals surface area contributed by atoms with Crippen molar-refractivity contribution in [2.24, 2.45) is 0 Å². The molecule has 0 spiro atoms. The van der Waals surface area contributed by atoms with E-state index in [4.69, 9.17) is 11.6 Å². The van der Waals surface area contributed by atoms with E-state index in [1.54, 1.807) is 36.9 Å². The second-order valence-electron chi connectivity index (χ2n) is 5.95. The van der Waals surface area contributed by atoms with Crippen molar-refractivity contribution < 1.29 is 13.6 Å². The molecule has 0 unspecified atom stereocenters. The van der Waals surface area contributed by atoms with Crippen molar-refractivity contribution in [1.29, 1.82) is 0 Å². The predicted molar refractivity (Wildman–Crippen MR) is 95.5 cm³/mol. The monoisotopic (exact) mass is 375 g/mol. The van der Waals surface area contributed by atoms with Crippen LogP contribution < -0.4 is 0 Å². The third kappa shape index (κ3) is 3.60. The first-order valence-corrected chi connectivity index (χ1v) is 8.24.